The highest BCUT2D eigenvalue weighted by Gasteiger charge is 2.33. The summed E-state index contributed by atoms with van der Waals surface area (Å²) in [5, 5.41) is 16.1. The van der Waals surface area contributed by atoms with Crippen LogP contribution in [0.5, 0.6) is 0 Å². The fourth-order valence-electron chi connectivity index (χ4n) is 3.00. The van der Waals surface area contributed by atoms with Crippen molar-refractivity contribution in [1.82, 2.24) is 15.1 Å². The summed E-state index contributed by atoms with van der Waals surface area (Å²) in [4.78, 5) is 25.4. The molecule has 2 aromatic heterocycles. The quantitative estimate of drug-likeness (QED) is 0.903. The van der Waals surface area contributed by atoms with E-state index in [0.29, 0.717) is 24.4 Å². The first-order valence-electron chi connectivity index (χ1n) is 7.58. The molecule has 0 bridgehead atoms. The standard InChI is InChI=1S/C16H19N3O4/c1-9-5-11(16(21)22)8-19(7-9)15(20)13-6-12(17-18-13)14-4-3-10(2)23-14/h3-4,6,9,11H,5,7-8H2,1-2H3,(H,17,18)(H,21,22). The third kappa shape index (κ3) is 3.13. The second kappa shape index (κ2) is 5.91. The lowest BCUT2D eigenvalue weighted by Crippen LogP contribution is -2.45. The molecule has 2 unspecified atom stereocenters. The van der Waals surface area contributed by atoms with E-state index in [2.05, 4.69) is 10.2 Å². The molecule has 7 heteroatoms. The third-order valence-corrected chi connectivity index (χ3v) is 4.10. The Morgan fingerprint density at radius 3 is 2.83 bits per heavy atom. The zero-order valence-electron chi connectivity index (χ0n) is 13.1. The molecule has 0 spiro atoms. The van der Waals surface area contributed by atoms with Crippen LogP contribution in [-0.2, 0) is 4.79 Å². The lowest BCUT2D eigenvalue weighted by molar-refractivity contribution is -0.143. The number of aliphatic carboxylic acids is 1. The summed E-state index contributed by atoms with van der Waals surface area (Å²) >= 11 is 0. The molecule has 2 aromatic rings. The molecule has 1 amide bonds. The van der Waals surface area contributed by atoms with Gasteiger partial charge in [0.05, 0.1) is 5.92 Å². The van der Waals surface area contributed by atoms with Crippen molar-refractivity contribution in [1.29, 1.82) is 0 Å². The van der Waals surface area contributed by atoms with Gasteiger partial charge in [0.15, 0.2) is 11.5 Å². The Balaban J connectivity index is 1.77. The number of piperidine rings is 1. The summed E-state index contributed by atoms with van der Waals surface area (Å²) in [5.41, 5.74) is 0.897. The molecule has 2 N–H and O–H groups in total. The Morgan fingerprint density at radius 1 is 1.39 bits per heavy atom. The number of nitrogens with one attached hydrogen (secondary N) is 1. The molecule has 0 saturated carbocycles. The van der Waals surface area contributed by atoms with Crippen molar-refractivity contribution in [2.24, 2.45) is 11.8 Å². The van der Waals surface area contributed by atoms with Crippen LogP contribution in [0.4, 0.5) is 0 Å². The number of carboxylic acids is 1. The molecule has 1 aliphatic heterocycles. The van der Waals surface area contributed by atoms with Gasteiger partial charge in [0.25, 0.3) is 5.91 Å². The number of hydrogen-bond acceptors (Lipinski definition) is 4. The lowest BCUT2D eigenvalue weighted by Gasteiger charge is -2.34. The number of aromatic nitrogens is 2. The van der Waals surface area contributed by atoms with Crippen molar-refractivity contribution >= 4 is 11.9 Å². The van der Waals surface area contributed by atoms with E-state index < -0.39 is 11.9 Å². The van der Waals surface area contributed by atoms with E-state index in [1.807, 2.05) is 19.9 Å². The predicted molar refractivity (Wildman–Crippen MR) is 81.8 cm³/mol. The summed E-state index contributed by atoms with van der Waals surface area (Å²) in [6.45, 7) is 4.56. The number of carbonyl (C=O) groups is 2. The molecule has 0 aliphatic carbocycles. The van der Waals surface area contributed by atoms with E-state index in [0.717, 1.165) is 5.76 Å². The predicted octanol–water partition coefficient (Wildman–Crippen LogP) is 2.16. The summed E-state index contributed by atoms with van der Waals surface area (Å²) in [6.07, 6.45) is 0.594. The van der Waals surface area contributed by atoms with Crippen LogP contribution in [0, 0.1) is 18.8 Å². The van der Waals surface area contributed by atoms with Gasteiger partial charge in [-0.15, -0.1) is 0 Å². The summed E-state index contributed by atoms with van der Waals surface area (Å²) in [6, 6.07) is 5.28. The van der Waals surface area contributed by atoms with Gasteiger partial charge in [0.1, 0.15) is 11.5 Å². The van der Waals surface area contributed by atoms with Gasteiger partial charge in [0, 0.05) is 19.2 Å². The lowest BCUT2D eigenvalue weighted by atomic mass is 9.90. The molecule has 1 saturated heterocycles. The number of rotatable bonds is 3. The topological polar surface area (TPSA) is 99.4 Å². The van der Waals surface area contributed by atoms with Gasteiger partial charge in [-0.3, -0.25) is 14.7 Å². The summed E-state index contributed by atoms with van der Waals surface area (Å²) in [5.74, 6) is -0.0911. The van der Waals surface area contributed by atoms with E-state index in [1.165, 1.54) is 0 Å². The largest absolute Gasteiger partial charge is 0.481 e. The van der Waals surface area contributed by atoms with Gasteiger partial charge >= 0.3 is 5.97 Å². The highest BCUT2D eigenvalue weighted by molar-refractivity contribution is 5.93. The molecule has 7 nitrogen and oxygen atoms in total. The van der Waals surface area contributed by atoms with Gasteiger partial charge in [-0.1, -0.05) is 6.92 Å². The number of carbonyl (C=O) groups excluding carboxylic acids is 1. The zero-order valence-corrected chi connectivity index (χ0v) is 13.1. The molecular formula is C16H19N3O4. The highest BCUT2D eigenvalue weighted by atomic mass is 16.4. The maximum absolute atomic E-state index is 12.6. The molecular weight excluding hydrogens is 298 g/mol. The molecule has 23 heavy (non-hydrogen) atoms. The van der Waals surface area contributed by atoms with Crippen LogP contribution in [0.2, 0.25) is 0 Å². The normalized spacial score (nSPS) is 21.4. The third-order valence-electron chi connectivity index (χ3n) is 4.10. The number of carboxylic acid groups (broad SMARTS) is 1. The minimum absolute atomic E-state index is 0.153. The van der Waals surface area contributed by atoms with Crippen molar-refractivity contribution in [2.45, 2.75) is 20.3 Å². The molecule has 1 aliphatic rings. The minimum atomic E-state index is -0.858. The van der Waals surface area contributed by atoms with E-state index in [1.54, 1.807) is 17.0 Å². The maximum atomic E-state index is 12.6. The van der Waals surface area contributed by atoms with Gasteiger partial charge in [0.2, 0.25) is 0 Å². The molecule has 2 atom stereocenters. The zero-order chi connectivity index (χ0) is 16.6. The fraction of sp³-hybridized carbons (Fsp3) is 0.438. The van der Waals surface area contributed by atoms with Gasteiger partial charge in [-0.05, 0) is 31.4 Å². The Hall–Kier alpha value is -2.57. The fourth-order valence-corrected chi connectivity index (χ4v) is 3.00. The van der Waals surface area contributed by atoms with Gasteiger partial charge in [-0.2, -0.15) is 5.10 Å². The molecule has 1 fully saturated rings. The van der Waals surface area contributed by atoms with E-state index >= 15 is 0 Å². The monoisotopic (exact) mass is 317 g/mol. The van der Waals surface area contributed by atoms with Gasteiger partial charge in [-0.25, -0.2) is 0 Å². The van der Waals surface area contributed by atoms with Crippen molar-refractivity contribution in [2.75, 3.05) is 13.1 Å². The van der Waals surface area contributed by atoms with E-state index in [4.69, 9.17) is 4.42 Å². The Kier molecular flexibility index (Phi) is 3.94. The average Bonchev–Trinajstić information content (AvgIpc) is 3.14. The molecule has 3 heterocycles. The molecule has 122 valence electrons. The van der Waals surface area contributed by atoms with Crippen molar-refractivity contribution < 1.29 is 19.1 Å². The SMILES string of the molecule is Cc1ccc(-c2cc(C(=O)N3CC(C)CC(C(=O)O)C3)n[nH]2)o1. The minimum Gasteiger partial charge on any atom is -0.481 e. The van der Waals surface area contributed by atoms with Crippen LogP contribution in [-0.4, -0.2) is 45.2 Å². The van der Waals surface area contributed by atoms with Crippen LogP contribution in [0.15, 0.2) is 22.6 Å². The molecule has 0 aromatic carbocycles. The number of furan rings is 1. The van der Waals surface area contributed by atoms with Crippen LogP contribution in [0.3, 0.4) is 0 Å². The highest BCUT2D eigenvalue weighted by Crippen LogP contribution is 2.25. The maximum Gasteiger partial charge on any atom is 0.308 e. The Morgan fingerprint density at radius 2 is 2.17 bits per heavy atom. The van der Waals surface area contributed by atoms with Crippen LogP contribution < -0.4 is 0 Å². The summed E-state index contributed by atoms with van der Waals surface area (Å²) in [7, 11) is 0. The second-order valence-electron chi connectivity index (χ2n) is 6.16. The van der Waals surface area contributed by atoms with E-state index in [9.17, 15) is 14.7 Å². The summed E-state index contributed by atoms with van der Waals surface area (Å²) < 4.78 is 5.50. The Labute approximate surface area is 133 Å². The average molecular weight is 317 g/mol. The van der Waals surface area contributed by atoms with Crippen LogP contribution in [0.25, 0.3) is 11.5 Å². The van der Waals surface area contributed by atoms with Crippen LogP contribution in [0.1, 0.15) is 29.6 Å². The first-order valence-corrected chi connectivity index (χ1v) is 7.58. The number of H-pyrrole nitrogens is 1. The number of likely N-dealkylation sites (tertiary alicyclic amines) is 1. The Bertz CT molecular complexity index is 733. The van der Waals surface area contributed by atoms with Crippen molar-refractivity contribution in [3.8, 4) is 11.5 Å². The number of amides is 1. The number of aromatic amines is 1. The first-order chi connectivity index (χ1) is 10.9. The molecule has 0 radical (unpaired) electrons. The van der Waals surface area contributed by atoms with Crippen LogP contribution >= 0.6 is 0 Å². The number of aryl methyl sites for hydroxylation is 1. The van der Waals surface area contributed by atoms with E-state index in [-0.39, 0.29) is 24.1 Å². The van der Waals surface area contributed by atoms with Gasteiger partial charge < -0.3 is 14.4 Å². The number of nitrogens with zero attached hydrogens (tertiary/aromatic N) is 2. The molecule has 3 rings (SSSR count). The van der Waals surface area contributed by atoms with Crippen molar-refractivity contribution in [3.05, 3.63) is 29.7 Å². The smallest absolute Gasteiger partial charge is 0.308 e. The second-order valence-corrected chi connectivity index (χ2v) is 6.16. The number of hydrogen-bond donors (Lipinski definition) is 2. The first kappa shape index (κ1) is 15.3. The van der Waals surface area contributed by atoms with Crippen molar-refractivity contribution in [3.63, 3.8) is 0 Å².